The van der Waals surface area contributed by atoms with E-state index in [0.29, 0.717) is 5.69 Å². The van der Waals surface area contributed by atoms with Crippen molar-refractivity contribution in [1.29, 1.82) is 0 Å². The number of hydrogen-bond donors (Lipinski definition) is 1. The van der Waals surface area contributed by atoms with Crippen LogP contribution in [0.3, 0.4) is 0 Å². The largest absolute Gasteiger partial charge is 0.416 e. The second kappa shape index (κ2) is 6.49. The molecule has 0 atom stereocenters. The average Bonchev–Trinajstić information content (AvgIpc) is 2.45. The number of aromatic nitrogens is 1. The highest BCUT2D eigenvalue weighted by Crippen LogP contribution is 2.22. The van der Waals surface area contributed by atoms with Crippen LogP contribution in [0.15, 0.2) is 47.3 Å². The summed E-state index contributed by atoms with van der Waals surface area (Å²) in [6.45, 7) is 1.53. The highest BCUT2D eigenvalue weighted by molar-refractivity contribution is 5.89. The van der Waals surface area contributed by atoms with Gasteiger partial charge >= 0.3 is 17.2 Å². The molecule has 22 heavy (non-hydrogen) atoms. The molecule has 0 saturated heterocycles. The minimum Gasteiger partial charge on any atom is -0.416 e. The first kappa shape index (κ1) is 15.2. The van der Waals surface area contributed by atoms with Crippen LogP contribution < -0.4 is 10.3 Å². The number of esters is 1. The monoisotopic (exact) mass is 300 g/mol. The van der Waals surface area contributed by atoms with Crippen LogP contribution in [0.5, 0.6) is 5.75 Å². The molecule has 0 radical (unpaired) electrons. The SMILES string of the molecule is Cc1cc(OC(=O)C=Cc2ccccc2)c([N+](=O)[O-])c(=O)[nH]1. The van der Waals surface area contributed by atoms with E-state index in [1.165, 1.54) is 19.1 Å². The number of rotatable bonds is 4. The van der Waals surface area contributed by atoms with Crippen LogP contribution in [0.4, 0.5) is 5.69 Å². The van der Waals surface area contributed by atoms with Gasteiger partial charge in [-0.3, -0.25) is 14.9 Å². The van der Waals surface area contributed by atoms with Gasteiger partial charge < -0.3 is 9.72 Å². The van der Waals surface area contributed by atoms with Gasteiger partial charge in [0, 0.05) is 17.8 Å². The lowest BCUT2D eigenvalue weighted by Gasteiger charge is -2.03. The van der Waals surface area contributed by atoms with Crippen molar-refractivity contribution in [2.45, 2.75) is 6.92 Å². The molecule has 7 heteroatoms. The van der Waals surface area contributed by atoms with Gasteiger partial charge in [-0.2, -0.15) is 0 Å². The first-order valence-electron chi connectivity index (χ1n) is 6.30. The van der Waals surface area contributed by atoms with Crippen LogP contribution in [0, 0.1) is 17.0 Å². The van der Waals surface area contributed by atoms with Crippen molar-refractivity contribution >= 4 is 17.7 Å². The Morgan fingerprint density at radius 2 is 2.00 bits per heavy atom. The molecule has 0 spiro atoms. The van der Waals surface area contributed by atoms with Crippen molar-refractivity contribution in [2.24, 2.45) is 0 Å². The van der Waals surface area contributed by atoms with E-state index >= 15 is 0 Å². The fraction of sp³-hybridized carbons (Fsp3) is 0.0667. The molecule has 0 saturated carbocycles. The fourth-order valence-electron chi connectivity index (χ4n) is 1.77. The van der Waals surface area contributed by atoms with Gasteiger partial charge in [0.2, 0.25) is 5.75 Å². The number of carbonyl (C=O) groups excluding carboxylic acids is 1. The fourth-order valence-corrected chi connectivity index (χ4v) is 1.77. The molecule has 2 rings (SSSR count). The molecule has 1 aromatic heterocycles. The molecule has 0 aliphatic carbocycles. The third kappa shape index (κ3) is 3.66. The van der Waals surface area contributed by atoms with Crippen LogP contribution in [0.25, 0.3) is 6.08 Å². The van der Waals surface area contributed by atoms with E-state index in [4.69, 9.17) is 4.74 Å². The molecule has 112 valence electrons. The third-order valence-corrected chi connectivity index (χ3v) is 2.71. The van der Waals surface area contributed by atoms with Gasteiger partial charge in [-0.15, -0.1) is 0 Å². The summed E-state index contributed by atoms with van der Waals surface area (Å²) in [5, 5.41) is 10.9. The molecule has 0 aliphatic heterocycles. The van der Waals surface area contributed by atoms with Gasteiger partial charge in [0.05, 0.1) is 4.92 Å². The summed E-state index contributed by atoms with van der Waals surface area (Å²) in [6, 6.07) is 10.2. The lowest BCUT2D eigenvalue weighted by molar-refractivity contribution is -0.387. The minimum absolute atomic E-state index is 0.352. The lowest BCUT2D eigenvalue weighted by atomic mass is 10.2. The number of pyridine rings is 1. The molecular weight excluding hydrogens is 288 g/mol. The molecule has 1 N–H and O–H groups in total. The Bertz CT molecular complexity index is 793. The Morgan fingerprint density at radius 3 is 2.64 bits per heavy atom. The van der Waals surface area contributed by atoms with Crippen molar-refractivity contribution < 1.29 is 14.5 Å². The predicted octanol–water partition coefficient (Wildman–Crippen LogP) is 2.21. The maximum absolute atomic E-state index is 11.7. The summed E-state index contributed by atoms with van der Waals surface area (Å²) in [4.78, 5) is 35.6. The first-order valence-corrected chi connectivity index (χ1v) is 6.30. The second-order valence-corrected chi connectivity index (χ2v) is 4.42. The molecule has 7 nitrogen and oxygen atoms in total. The molecular formula is C15H12N2O5. The van der Waals surface area contributed by atoms with E-state index < -0.39 is 22.1 Å². The predicted molar refractivity (Wildman–Crippen MR) is 79.6 cm³/mol. The second-order valence-electron chi connectivity index (χ2n) is 4.42. The maximum atomic E-state index is 11.7. The third-order valence-electron chi connectivity index (χ3n) is 2.71. The summed E-state index contributed by atoms with van der Waals surface area (Å²) < 4.78 is 4.90. The molecule has 0 amide bonds. The first-order chi connectivity index (χ1) is 10.5. The molecule has 1 heterocycles. The van der Waals surface area contributed by atoms with Crippen molar-refractivity contribution in [1.82, 2.24) is 4.98 Å². The van der Waals surface area contributed by atoms with Crippen LogP contribution in [0.1, 0.15) is 11.3 Å². The van der Waals surface area contributed by atoms with Gasteiger partial charge in [0.25, 0.3) is 0 Å². The number of H-pyrrole nitrogens is 1. The summed E-state index contributed by atoms with van der Waals surface area (Å²) in [5.74, 6) is -1.19. The lowest BCUT2D eigenvalue weighted by Crippen LogP contribution is -2.16. The van der Waals surface area contributed by atoms with E-state index in [0.717, 1.165) is 11.6 Å². The maximum Gasteiger partial charge on any atom is 0.376 e. The standard InChI is InChI=1S/C15H12N2O5/c1-10-9-12(14(17(20)21)15(19)16-10)22-13(18)8-7-11-5-3-2-4-6-11/h2-9H,1H3,(H,16,19). The zero-order valence-corrected chi connectivity index (χ0v) is 11.6. The Hall–Kier alpha value is -3.22. The highest BCUT2D eigenvalue weighted by Gasteiger charge is 2.22. The van der Waals surface area contributed by atoms with E-state index in [1.54, 1.807) is 24.3 Å². The van der Waals surface area contributed by atoms with Gasteiger partial charge in [0.15, 0.2) is 0 Å². The van der Waals surface area contributed by atoms with E-state index in [-0.39, 0.29) is 5.75 Å². The normalized spacial score (nSPS) is 10.6. The van der Waals surface area contributed by atoms with Crippen molar-refractivity contribution in [3.8, 4) is 5.75 Å². The van der Waals surface area contributed by atoms with Gasteiger partial charge in [-0.25, -0.2) is 4.79 Å². The van der Waals surface area contributed by atoms with E-state index in [1.807, 2.05) is 6.07 Å². The van der Waals surface area contributed by atoms with E-state index in [9.17, 15) is 19.7 Å². The Morgan fingerprint density at radius 1 is 1.32 bits per heavy atom. The number of nitrogens with one attached hydrogen (secondary N) is 1. The molecule has 0 fully saturated rings. The zero-order chi connectivity index (χ0) is 16.1. The number of aromatic amines is 1. The highest BCUT2D eigenvalue weighted by atomic mass is 16.6. The Balaban J connectivity index is 2.24. The van der Waals surface area contributed by atoms with Gasteiger partial charge in [-0.05, 0) is 18.6 Å². The van der Waals surface area contributed by atoms with Crippen LogP contribution in [0.2, 0.25) is 0 Å². The summed E-state index contributed by atoms with van der Waals surface area (Å²) >= 11 is 0. The topological polar surface area (TPSA) is 102 Å². The molecule has 0 aliphatic rings. The van der Waals surface area contributed by atoms with Gasteiger partial charge in [0.1, 0.15) is 0 Å². The molecule has 0 unspecified atom stereocenters. The average molecular weight is 300 g/mol. The molecule has 0 bridgehead atoms. The van der Waals surface area contributed by atoms with Gasteiger partial charge in [-0.1, -0.05) is 30.3 Å². The number of hydrogen-bond acceptors (Lipinski definition) is 5. The van der Waals surface area contributed by atoms with Crippen molar-refractivity contribution in [3.63, 3.8) is 0 Å². The van der Waals surface area contributed by atoms with Crippen molar-refractivity contribution in [3.05, 3.63) is 74.2 Å². The minimum atomic E-state index is -0.917. The Kier molecular flexibility index (Phi) is 4.47. The number of nitrogens with zero attached hydrogens (tertiary/aromatic N) is 1. The summed E-state index contributed by atoms with van der Waals surface area (Å²) in [7, 11) is 0. The number of ether oxygens (including phenoxy) is 1. The number of nitro groups is 1. The molecule has 2 aromatic rings. The van der Waals surface area contributed by atoms with E-state index in [2.05, 4.69) is 4.98 Å². The summed E-state index contributed by atoms with van der Waals surface area (Å²) in [6.07, 6.45) is 2.64. The quantitative estimate of drug-likeness (QED) is 0.403. The zero-order valence-electron chi connectivity index (χ0n) is 11.6. The van der Waals surface area contributed by atoms with Crippen LogP contribution in [-0.4, -0.2) is 15.9 Å². The Labute approximate surface area is 125 Å². The number of aryl methyl sites for hydroxylation is 1. The number of benzene rings is 1. The number of carbonyl (C=O) groups is 1. The van der Waals surface area contributed by atoms with Crippen molar-refractivity contribution in [2.75, 3.05) is 0 Å². The van der Waals surface area contributed by atoms with Crippen LogP contribution in [-0.2, 0) is 4.79 Å². The summed E-state index contributed by atoms with van der Waals surface area (Å²) in [5.41, 5.74) is -0.589. The van der Waals surface area contributed by atoms with Crippen LogP contribution >= 0.6 is 0 Å². The molecule has 1 aromatic carbocycles. The smallest absolute Gasteiger partial charge is 0.376 e.